The minimum atomic E-state index is -1.27. The summed E-state index contributed by atoms with van der Waals surface area (Å²) in [4.78, 5) is 23.1. The summed E-state index contributed by atoms with van der Waals surface area (Å²) >= 11 is 1.72. The van der Waals surface area contributed by atoms with Crippen molar-refractivity contribution in [2.24, 2.45) is 0 Å². The molecule has 4 nitrogen and oxygen atoms in total. The fourth-order valence-electron chi connectivity index (χ4n) is 2.00. The van der Waals surface area contributed by atoms with Crippen molar-refractivity contribution in [2.75, 3.05) is 11.6 Å². The second kappa shape index (κ2) is 7.13. The number of aromatic carboxylic acids is 1. The Bertz CT molecular complexity index is 696. The molecule has 2 rings (SSSR count). The predicted octanol–water partition coefficient (Wildman–Crippen LogP) is 2.47. The molecule has 0 atom stereocenters. The molecule has 5 heteroatoms. The summed E-state index contributed by atoms with van der Waals surface area (Å²) in [5, 5.41) is 13.6. The Morgan fingerprint density at radius 1 is 1.09 bits per heavy atom. The van der Waals surface area contributed by atoms with E-state index in [0.29, 0.717) is 11.3 Å². The van der Waals surface area contributed by atoms with Crippen LogP contribution >= 0.6 is 11.8 Å². The molecule has 22 heavy (non-hydrogen) atoms. The van der Waals surface area contributed by atoms with Crippen LogP contribution in [0.3, 0.4) is 0 Å². The van der Waals surface area contributed by atoms with Gasteiger partial charge in [0.2, 0.25) is 0 Å². The van der Waals surface area contributed by atoms with Crippen LogP contribution in [0.25, 0.3) is 0 Å². The summed E-state index contributed by atoms with van der Waals surface area (Å²) in [6.07, 6.45) is 2.02. The molecule has 0 aliphatic carbocycles. The number of carbonyl (C=O) groups excluding carboxylic acids is 2. The minimum absolute atomic E-state index is 0.0382. The zero-order chi connectivity index (χ0) is 16.1. The Morgan fingerprint density at radius 2 is 1.73 bits per heavy atom. The van der Waals surface area contributed by atoms with Crippen LogP contribution in [0, 0.1) is 6.92 Å². The first-order valence-electron chi connectivity index (χ1n) is 6.72. The van der Waals surface area contributed by atoms with E-state index in [9.17, 15) is 14.7 Å². The maximum Gasteiger partial charge on any atom is 0.255 e. The first-order valence-corrected chi connectivity index (χ1v) is 8.12. The van der Waals surface area contributed by atoms with E-state index in [0.717, 1.165) is 16.9 Å². The maximum absolute atomic E-state index is 12.2. The lowest BCUT2D eigenvalue weighted by molar-refractivity contribution is -0.255. The molecule has 1 amide bonds. The Hall–Kier alpha value is -2.27. The van der Waals surface area contributed by atoms with Crippen LogP contribution in [0.2, 0.25) is 0 Å². The SMILES string of the molecule is CSCc1ccc(C(=O)Nc2cc(C(=O)[O-])ccc2C)cc1. The Morgan fingerprint density at radius 3 is 2.32 bits per heavy atom. The van der Waals surface area contributed by atoms with Gasteiger partial charge < -0.3 is 15.2 Å². The third kappa shape index (κ3) is 3.89. The molecule has 0 aliphatic rings. The fraction of sp³-hybridized carbons (Fsp3) is 0.176. The Kier molecular flexibility index (Phi) is 5.22. The Labute approximate surface area is 133 Å². The van der Waals surface area contributed by atoms with Crippen LogP contribution in [0.15, 0.2) is 42.5 Å². The van der Waals surface area contributed by atoms with E-state index in [2.05, 4.69) is 5.32 Å². The van der Waals surface area contributed by atoms with Crippen LogP contribution in [-0.2, 0) is 5.75 Å². The summed E-state index contributed by atoms with van der Waals surface area (Å²) in [5.41, 5.74) is 2.98. The number of hydrogen-bond acceptors (Lipinski definition) is 4. The van der Waals surface area contributed by atoms with Crippen molar-refractivity contribution in [1.82, 2.24) is 0 Å². The van der Waals surface area contributed by atoms with Gasteiger partial charge in [0.05, 0.1) is 5.97 Å². The largest absolute Gasteiger partial charge is 0.545 e. The van der Waals surface area contributed by atoms with Gasteiger partial charge in [-0.05, 0) is 48.1 Å². The van der Waals surface area contributed by atoms with Crippen molar-refractivity contribution < 1.29 is 14.7 Å². The van der Waals surface area contributed by atoms with Crippen LogP contribution in [-0.4, -0.2) is 18.1 Å². The van der Waals surface area contributed by atoms with E-state index in [1.54, 1.807) is 36.9 Å². The lowest BCUT2D eigenvalue weighted by Crippen LogP contribution is -2.22. The molecule has 0 radical (unpaired) electrons. The van der Waals surface area contributed by atoms with Crippen molar-refractivity contribution in [3.63, 3.8) is 0 Å². The number of amides is 1. The molecule has 1 N–H and O–H groups in total. The number of benzene rings is 2. The molecule has 0 unspecified atom stereocenters. The molecule has 0 bridgehead atoms. The highest BCUT2D eigenvalue weighted by molar-refractivity contribution is 7.97. The summed E-state index contributed by atoms with van der Waals surface area (Å²) in [6.45, 7) is 1.80. The summed E-state index contributed by atoms with van der Waals surface area (Å²) in [6, 6.07) is 11.9. The van der Waals surface area contributed by atoms with Gasteiger partial charge in [-0.15, -0.1) is 0 Å². The smallest absolute Gasteiger partial charge is 0.255 e. The molecule has 0 spiro atoms. The molecule has 114 valence electrons. The van der Waals surface area contributed by atoms with Crippen LogP contribution in [0.4, 0.5) is 5.69 Å². The van der Waals surface area contributed by atoms with Crippen molar-refractivity contribution in [3.05, 3.63) is 64.7 Å². The topological polar surface area (TPSA) is 69.2 Å². The average molecular weight is 314 g/mol. The molecule has 2 aromatic rings. The first-order chi connectivity index (χ1) is 10.5. The van der Waals surface area contributed by atoms with E-state index >= 15 is 0 Å². The van der Waals surface area contributed by atoms with Gasteiger partial charge >= 0.3 is 0 Å². The second-order valence-electron chi connectivity index (χ2n) is 4.90. The van der Waals surface area contributed by atoms with E-state index in [-0.39, 0.29) is 11.5 Å². The third-order valence-electron chi connectivity index (χ3n) is 3.25. The fourth-order valence-corrected chi connectivity index (χ4v) is 2.52. The highest BCUT2D eigenvalue weighted by Crippen LogP contribution is 2.18. The third-order valence-corrected chi connectivity index (χ3v) is 3.87. The van der Waals surface area contributed by atoms with E-state index in [1.807, 2.05) is 18.4 Å². The first kappa shape index (κ1) is 16.1. The lowest BCUT2D eigenvalue weighted by atomic mass is 10.1. The quantitative estimate of drug-likeness (QED) is 0.920. The summed E-state index contributed by atoms with van der Waals surface area (Å²) in [7, 11) is 0. The molecule has 0 fully saturated rings. The molecule has 0 saturated heterocycles. The van der Waals surface area contributed by atoms with E-state index < -0.39 is 5.97 Å². The van der Waals surface area contributed by atoms with Gasteiger partial charge in [-0.3, -0.25) is 4.79 Å². The number of thioether (sulfide) groups is 1. The van der Waals surface area contributed by atoms with E-state index in [4.69, 9.17) is 0 Å². The lowest BCUT2D eigenvalue weighted by Gasteiger charge is -2.11. The van der Waals surface area contributed by atoms with Crippen LogP contribution < -0.4 is 10.4 Å². The number of carbonyl (C=O) groups is 2. The normalized spacial score (nSPS) is 10.3. The van der Waals surface area contributed by atoms with Crippen molar-refractivity contribution in [1.29, 1.82) is 0 Å². The zero-order valence-electron chi connectivity index (χ0n) is 12.4. The number of aryl methyl sites for hydroxylation is 1. The monoisotopic (exact) mass is 314 g/mol. The highest BCUT2D eigenvalue weighted by Gasteiger charge is 2.09. The minimum Gasteiger partial charge on any atom is -0.545 e. The van der Waals surface area contributed by atoms with Gasteiger partial charge in [-0.25, -0.2) is 0 Å². The highest BCUT2D eigenvalue weighted by atomic mass is 32.2. The molecule has 0 saturated carbocycles. The average Bonchev–Trinajstić information content (AvgIpc) is 2.50. The molecule has 2 aromatic carbocycles. The second-order valence-corrected chi connectivity index (χ2v) is 5.77. The van der Waals surface area contributed by atoms with Crippen LogP contribution in [0.5, 0.6) is 0 Å². The van der Waals surface area contributed by atoms with Crippen LogP contribution in [0.1, 0.15) is 31.8 Å². The molecular weight excluding hydrogens is 298 g/mol. The van der Waals surface area contributed by atoms with Crippen molar-refractivity contribution >= 4 is 29.3 Å². The molecule has 0 heterocycles. The summed E-state index contributed by atoms with van der Waals surface area (Å²) < 4.78 is 0. The number of carboxylic acid groups (broad SMARTS) is 1. The number of hydrogen-bond donors (Lipinski definition) is 1. The van der Waals surface area contributed by atoms with Crippen molar-refractivity contribution in [3.8, 4) is 0 Å². The van der Waals surface area contributed by atoms with E-state index in [1.165, 1.54) is 12.1 Å². The van der Waals surface area contributed by atoms with Gasteiger partial charge in [0.1, 0.15) is 0 Å². The number of rotatable bonds is 5. The Balaban J connectivity index is 2.17. The van der Waals surface area contributed by atoms with Gasteiger partial charge in [-0.2, -0.15) is 11.8 Å². The standard InChI is InChI=1S/C17H17NO3S/c1-11-3-6-14(17(20)21)9-15(11)18-16(19)13-7-4-12(5-8-13)10-22-2/h3-9H,10H2,1-2H3,(H,18,19)(H,20,21)/p-1. The van der Waals surface area contributed by atoms with Gasteiger partial charge in [0.15, 0.2) is 0 Å². The van der Waals surface area contributed by atoms with Gasteiger partial charge in [0, 0.05) is 17.0 Å². The number of carboxylic acids is 1. The number of nitrogens with one attached hydrogen (secondary N) is 1. The molecule has 0 aliphatic heterocycles. The maximum atomic E-state index is 12.2. The zero-order valence-corrected chi connectivity index (χ0v) is 13.2. The van der Waals surface area contributed by atoms with Gasteiger partial charge in [-0.1, -0.05) is 24.3 Å². The number of anilines is 1. The molecular formula is C17H16NO3S-. The van der Waals surface area contributed by atoms with Crippen molar-refractivity contribution in [2.45, 2.75) is 12.7 Å². The predicted molar refractivity (Wildman–Crippen MR) is 87.1 cm³/mol. The summed E-state index contributed by atoms with van der Waals surface area (Å²) in [5.74, 6) is -0.638. The molecule has 0 aromatic heterocycles. The van der Waals surface area contributed by atoms with Gasteiger partial charge in [0.25, 0.3) is 5.91 Å².